The second-order valence-corrected chi connectivity index (χ2v) is 3.69. The predicted octanol–water partition coefficient (Wildman–Crippen LogP) is 2.39. The van der Waals surface area contributed by atoms with Crippen LogP contribution in [-0.4, -0.2) is 17.0 Å². The normalized spacial score (nSPS) is 10.3. The molecule has 2 rings (SSSR count). The van der Waals surface area contributed by atoms with Gasteiger partial charge in [-0.15, -0.1) is 0 Å². The van der Waals surface area contributed by atoms with Crippen LogP contribution in [0.3, 0.4) is 0 Å². The highest BCUT2D eigenvalue weighted by Crippen LogP contribution is 2.10. The van der Waals surface area contributed by atoms with Crippen LogP contribution in [0.5, 0.6) is 0 Å². The average molecular weight is 235 g/mol. The zero-order valence-electron chi connectivity index (χ0n) is 9.27. The van der Waals surface area contributed by atoms with Crippen LogP contribution in [0, 0.1) is 11.6 Å². The third-order valence-corrected chi connectivity index (χ3v) is 2.26. The van der Waals surface area contributed by atoms with Gasteiger partial charge >= 0.3 is 0 Å². The Bertz CT molecular complexity index is 499. The zero-order chi connectivity index (χ0) is 12.3. The number of hydrogen-bond donors (Lipinski definition) is 0. The van der Waals surface area contributed by atoms with Crippen molar-refractivity contribution >= 4 is 5.95 Å². The topological polar surface area (TPSA) is 29.0 Å². The Kier molecular flexibility index (Phi) is 3.27. The summed E-state index contributed by atoms with van der Waals surface area (Å²) in [7, 11) is 1.76. The number of hydrogen-bond acceptors (Lipinski definition) is 3. The molecule has 0 radical (unpaired) electrons. The Morgan fingerprint density at radius 1 is 1.12 bits per heavy atom. The number of anilines is 1. The molecule has 0 N–H and O–H groups in total. The van der Waals surface area contributed by atoms with Gasteiger partial charge < -0.3 is 4.90 Å². The van der Waals surface area contributed by atoms with E-state index >= 15 is 0 Å². The highest BCUT2D eigenvalue weighted by atomic mass is 19.1. The minimum Gasteiger partial charge on any atom is -0.340 e. The van der Waals surface area contributed by atoms with Gasteiger partial charge in [-0.25, -0.2) is 18.7 Å². The van der Waals surface area contributed by atoms with Crippen molar-refractivity contribution in [2.75, 3.05) is 11.9 Å². The number of nitrogens with zero attached hydrogens (tertiary/aromatic N) is 3. The maximum Gasteiger partial charge on any atom is 0.225 e. The van der Waals surface area contributed by atoms with Crippen LogP contribution in [0.15, 0.2) is 36.7 Å². The van der Waals surface area contributed by atoms with Crippen molar-refractivity contribution in [2.45, 2.75) is 6.54 Å². The summed E-state index contributed by atoms with van der Waals surface area (Å²) in [6.07, 6.45) is 2.20. The van der Waals surface area contributed by atoms with Crippen LogP contribution in [0.25, 0.3) is 0 Å². The molecular weight excluding hydrogens is 224 g/mol. The van der Waals surface area contributed by atoms with E-state index in [0.717, 1.165) is 18.0 Å². The van der Waals surface area contributed by atoms with E-state index in [0.29, 0.717) is 12.5 Å². The van der Waals surface area contributed by atoms with Crippen molar-refractivity contribution in [1.82, 2.24) is 9.97 Å². The SMILES string of the molecule is CN(Cc1cccc(F)c1)c1ncc(F)cn1. The van der Waals surface area contributed by atoms with Crippen molar-refractivity contribution in [1.29, 1.82) is 0 Å². The Hall–Kier alpha value is -2.04. The molecule has 1 heterocycles. The van der Waals surface area contributed by atoms with Gasteiger partial charge in [0, 0.05) is 13.6 Å². The van der Waals surface area contributed by atoms with E-state index in [4.69, 9.17) is 0 Å². The standard InChI is InChI=1S/C12H11F2N3/c1-17(12-15-6-11(14)7-16-12)8-9-3-2-4-10(13)5-9/h2-7H,8H2,1H3. The lowest BCUT2D eigenvalue weighted by Gasteiger charge is -2.16. The smallest absolute Gasteiger partial charge is 0.225 e. The van der Waals surface area contributed by atoms with Gasteiger partial charge in [0.05, 0.1) is 12.4 Å². The van der Waals surface area contributed by atoms with Gasteiger partial charge in [-0.05, 0) is 17.7 Å². The summed E-state index contributed by atoms with van der Waals surface area (Å²) in [6.45, 7) is 0.462. The van der Waals surface area contributed by atoms with E-state index in [1.165, 1.54) is 12.1 Å². The molecule has 3 nitrogen and oxygen atoms in total. The predicted molar refractivity (Wildman–Crippen MR) is 60.5 cm³/mol. The maximum atomic E-state index is 13.0. The summed E-state index contributed by atoms with van der Waals surface area (Å²) in [5.74, 6) is -0.362. The van der Waals surface area contributed by atoms with Crippen LogP contribution in [-0.2, 0) is 6.54 Å². The fourth-order valence-corrected chi connectivity index (χ4v) is 1.48. The molecule has 0 saturated heterocycles. The zero-order valence-corrected chi connectivity index (χ0v) is 9.27. The van der Waals surface area contributed by atoms with Crippen molar-refractivity contribution in [3.05, 3.63) is 53.9 Å². The lowest BCUT2D eigenvalue weighted by atomic mass is 10.2. The first-order valence-electron chi connectivity index (χ1n) is 5.08. The van der Waals surface area contributed by atoms with Crippen LogP contribution in [0.4, 0.5) is 14.7 Å². The summed E-state index contributed by atoms with van der Waals surface area (Å²) in [5, 5.41) is 0. The van der Waals surface area contributed by atoms with Crippen molar-refractivity contribution in [3.8, 4) is 0 Å². The first-order valence-corrected chi connectivity index (χ1v) is 5.08. The molecule has 0 unspecified atom stereocenters. The van der Waals surface area contributed by atoms with E-state index in [2.05, 4.69) is 9.97 Å². The van der Waals surface area contributed by atoms with Crippen LogP contribution < -0.4 is 4.90 Å². The lowest BCUT2D eigenvalue weighted by molar-refractivity contribution is 0.611. The van der Waals surface area contributed by atoms with E-state index in [1.54, 1.807) is 18.0 Å². The third kappa shape index (κ3) is 2.96. The Balaban J connectivity index is 2.11. The average Bonchev–Trinajstić information content (AvgIpc) is 2.29. The van der Waals surface area contributed by atoms with Crippen molar-refractivity contribution in [2.24, 2.45) is 0 Å². The van der Waals surface area contributed by atoms with E-state index in [9.17, 15) is 8.78 Å². The van der Waals surface area contributed by atoms with Crippen LogP contribution in [0.1, 0.15) is 5.56 Å². The fraction of sp³-hybridized carbons (Fsp3) is 0.167. The minimum atomic E-state index is -0.479. The van der Waals surface area contributed by atoms with E-state index < -0.39 is 5.82 Å². The molecule has 0 bridgehead atoms. The van der Waals surface area contributed by atoms with Crippen LogP contribution >= 0.6 is 0 Å². The van der Waals surface area contributed by atoms with Gasteiger partial charge in [0.2, 0.25) is 5.95 Å². The molecule has 0 saturated carbocycles. The number of halogens is 2. The van der Waals surface area contributed by atoms with E-state index in [1.807, 2.05) is 6.07 Å². The highest BCUT2D eigenvalue weighted by molar-refractivity contribution is 5.30. The van der Waals surface area contributed by atoms with Gasteiger partial charge in [0.25, 0.3) is 0 Å². The van der Waals surface area contributed by atoms with Crippen molar-refractivity contribution < 1.29 is 8.78 Å². The second kappa shape index (κ2) is 4.86. The van der Waals surface area contributed by atoms with Gasteiger partial charge in [-0.2, -0.15) is 0 Å². The molecule has 0 atom stereocenters. The molecular formula is C12H11F2N3. The summed E-state index contributed by atoms with van der Waals surface area (Å²) >= 11 is 0. The largest absolute Gasteiger partial charge is 0.340 e. The summed E-state index contributed by atoms with van der Waals surface area (Å²) in [6, 6.07) is 6.28. The molecule has 0 aliphatic heterocycles. The quantitative estimate of drug-likeness (QED) is 0.818. The molecule has 0 aliphatic carbocycles. The maximum absolute atomic E-state index is 13.0. The number of aromatic nitrogens is 2. The monoisotopic (exact) mass is 235 g/mol. The first-order chi connectivity index (χ1) is 8.15. The lowest BCUT2D eigenvalue weighted by Crippen LogP contribution is -2.19. The fourth-order valence-electron chi connectivity index (χ4n) is 1.48. The molecule has 0 aliphatic rings. The highest BCUT2D eigenvalue weighted by Gasteiger charge is 2.05. The molecule has 0 spiro atoms. The first kappa shape index (κ1) is 11.4. The molecule has 1 aromatic heterocycles. The van der Waals surface area contributed by atoms with Crippen molar-refractivity contribution in [3.63, 3.8) is 0 Å². The molecule has 2 aromatic rings. The van der Waals surface area contributed by atoms with Crippen LogP contribution in [0.2, 0.25) is 0 Å². The minimum absolute atomic E-state index is 0.282. The molecule has 1 aromatic carbocycles. The summed E-state index contributed by atoms with van der Waals surface area (Å²) in [5.41, 5.74) is 0.806. The summed E-state index contributed by atoms with van der Waals surface area (Å²) in [4.78, 5) is 9.40. The Morgan fingerprint density at radius 2 is 1.82 bits per heavy atom. The van der Waals surface area contributed by atoms with Gasteiger partial charge in [-0.1, -0.05) is 12.1 Å². The van der Waals surface area contributed by atoms with Gasteiger partial charge in [0.1, 0.15) is 5.82 Å². The number of benzene rings is 1. The molecule has 0 fully saturated rings. The van der Waals surface area contributed by atoms with Gasteiger partial charge in [0.15, 0.2) is 5.82 Å². The summed E-state index contributed by atoms with van der Waals surface area (Å²) < 4.78 is 25.6. The molecule has 0 amide bonds. The molecule has 5 heteroatoms. The molecule has 17 heavy (non-hydrogen) atoms. The third-order valence-electron chi connectivity index (χ3n) is 2.26. The second-order valence-electron chi connectivity index (χ2n) is 3.69. The van der Waals surface area contributed by atoms with Gasteiger partial charge in [-0.3, -0.25) is 0 Å². The number of rotatable bonds is 3. The Morgan fingerprint density at radius 3 is 2.47 bits per heavy atom. The van der Waals surface area contributed by atoms with E-state index in [-0.39, 0.29) is 5.82 Å². The molecule has 88 valence electrons. The Labute approximate surface area is 97.7 Å².